The Labute approximate surface area is 178 Å². The Hall–Kier alpha value is -3.20. The molecule has 2 aromatic carbocycles. The van der Waals surface area contributed by atoms with Crippen molar-refractivity contribution < 1.29 is 9.72 Å². The second kappa shape index (κ2) is 9.53. The van der Waals surface area contributed by atoms with Gasteiger partial charge in [-0.1, -0.05) is 41.6 Å². The van der Waals surface area contributed by atoms with Crippen LogP contribution in [-0.2, 0) is 12.3 Å². The van der Waals surface area contributed by atoms with Crippen molar-refractivity contribution in [2.75, 3.05) is 0 Å². The van der Waals surface area contributed by atoms with Crippen LogP contribution in [0.5, 0.6) is 0 Å². The minimum Gasteiger partial charge on any atom is -0.342 e. The number of aryl methyl sites for hydroxylation is 1. The number of nitrogens with one attached hydrogen (secondary N) is 1. The lowest BCUT2D eigenvalue weighted by molar-refractivity contribution is -0.384. The Bertz CT molecular complexity index is 1050. The molecule has 3 aromatic rings. The zero-order valence-electron chi connectivity index (χ0n) is 17.0. The van der Waals surface area contributed by atoms with Crippen LogP contribution >= 0.6 is 11.8 Å². The van der Waals surface area contributed by atoms with E-state index in [-0.39, 0.29) is 17.6 Å². The predicted molar refractivity (Wildman–Crippen MR) is 115 cm³/mol. The summed E-state index contributed by atoms with van der Waals surface area (Å²) in [5.41, 5.74) is 2.66. The van der Waals surface area contributed by atoms with E-state index in [0.29, 0.717) is 23.7 Å². The van der Waals surface area contributed by atoms with Gasteiger partial charge in [0.2, 0.25) is 0 Å². The standard InChI is InChI=1S/C21H23N5O3S/c1-4-25-19(15(3)22-20(27)17-7-5-6-14(2)12-17)23-24-21(25)30-13-16-8-10-18(11-9-16)26(28)29/h5-12,15H,4,13H2,1-3H3,(H,22,27)/t15-/m0/s1. The van der Waals surface area contributed by atoms with Crippen molar-refractivity contribution in [1.82, 2.24) is 20.1 Å². The molecule has 1 atom stereocenters. The number of carbonyl (C=O) groups excluding carboxylic acids is 1. The van der Waals surface area contributed by atoms with E-state index in [1.807, 2.05) is 43.5 Å². The van der Waals surface area contributed by atoms with E-state index >= 15 is 0 Å². The van der Waals surface area contributed by atoms with Gasteiger partial charge in [0.05, 0.1) is 11.0 Å². The van der Waals surface area contributed by atoms with Crippen molar-refractivity contribution >= 4 is 23.4 Å². The lowest BCUT2D eigenvalue weighted by atomic mass is 10.1. The molecule has 8 nitrogen and oxygen atoms in total. The Morgan fingerprint density at radius 3 is 2.60 bits per heavy atom. The summed E-state index contributed by atoms with van der Waals surface area (Å²) >= 11 is 1.50. The van der Waals surface area contributed by atoms with Crippen LogP contribution in [0.15, 0.2) is 53.7 Å². The Morgan fingerprint density at radius 2 is 1.97 bits per heavy atom. The molecule has 156 valence electrons. The van der Waals surface area contributed by atoms with Crippen molar-refractivity contribution in [3.05, 3.63) is 81.2 Å². The topological polar surface area (TPSA) is 103 Å². The molecule has 30 heavy (non-hydrogen) atoms. The van der Waals surface area contributed by atoms with Crippen LogP contribution in [-0.4, -0.2) is 25.6 Å². The third-order valence-corrected chi connectivity index (χ3v) is 5.63. The van der Waals surface area contributed by atoms with Gasteiger partial charge in [-0.3, -0.25) is 14.9 Å². The fourth-order valence-electron chi connectivity index (χ4n) is 3.02. The molecule has 0 unspecified atom stereocenters. The second-order valence-corrected chi connectivity index (χ2v) is 7.80. The average Bonchev–Trinajstić information content (AvgIpc) is 3.15. The number of nitrogens with zero attached hydrogens (tertiary/aromatic N) is 4. The molecular formula is C21H23N5O3S. The number of nitro benzene ring substituents is 1. The highest BCUT2D eigenvalue weighted by Crippen LogP contribution is 2.25. The normalized spacial score (nSPS) is 11.8. The van der Waals surface area contributed by atoms with Crippen LogP contribution < -0.4 is 5.32 Å². The summed E-state index contributed by atoms with van der Waals surface area (Å²) in [5, 5.41) is 23.1. The molecular weight excluding hydrogens is 402 g/mol. The summed E-state index contributed by atoms with van der Waals surface area (Å²) in [7, 11) is 0. The SMILES string of the molecule is CCn1c(SCc2ccc([N+](=O)[O-])cc2)nnc1[C@H](C)NC(=O)c1cccc(C)c1. The number of nitro groups is 1. The van der Waals surface area contributed by atoms with Gasteiger partial charge in [0.1, 0.15) is 0 Å². The van der Waals surface area contributed by atoms with Crippen LogP contribution in [0.3, 0.4) is 0 Å². The number of benzene rings is 2. The first-order chi connectivity index (χ1) is 14.4. The van der Waals surface area contributed by atoms with Gasteiger partial charge in [0.15, 0.2) is 11.0 Å². The van der Waals surface area contributed by atoms with Crippen molar-refractivity contribution in [2.45, 2.75) is 44.3 Å². The number of hydrogen-bond acceptors (Lipinski definition) is 6. The van der Waals surface area contributed by atoms with Gasteiger partial charge in [-0.05, 0) is 38.5 Å². The minimum atomic E-state index is -0.413. The maximum absolute atomic E-state index is 12.6. The van der Waals surface area contributed by atoms with E-state index in [2.05, 4.69) is 15.5 Å². The van der Waals surface area contributed by atoms with Crippen LogP contribution in [0, 0.1) is 17.0 Å². The molecule has 0 aliphatic rings. The molecule has 0 aliphatic heterocycles. The molecule has 1 heterocycles. The van der Waals surface area contributed by atoms with E-state index in [4.69, 9.17) is 0 Å². The molecule has 0 saturated heterocycles. The number of thioether (sulfide) groups is 1. The molecule has 1 amide bonds. The third kappa shape index (κ3) is 5.04. The first-order valence-corrected chi connectivity index (χ1v) is 10.5. The highest BCUT2D eigenvalue weighted by atomic mass is 32.2. The number of hydrogen-bond donors (Lipinski definition) is 1. The molecule has 3 rings (SSSR count). The van der Waals surface area contributed by atoms with Gasteiger partial charge in [0.25, 0.3) is 11.6 Å². The second-order valence-electron chi connectivity index (χ2n) is 6.86. The number of rotatable bonds is 8. The molecule has 1 N–H and O–H groups in total. The van der Waals surface area contributed by atoms with Gasteiger partial charge in [-0.15, -0.1) is 10.2 Å². The lowest BCUT2D eigenvalue weighted by Gasteiger charge is -2.15. The zero-order valence-corrected chi connectivity index (χ0v) is 17.8. The summed E-state index contributed by atoms with van der Waals surface area (Å²) < 4.78 is 1.97. The van der Waals surface area contributed by atoms with E-state index in [1.165, 1.54) is 23.9 Å². The Balaban J connectivity index is 1.68. The van der Waals surface area contributed by atoms with Gasteiger partial charge >= 0.3 is 0 Å². The zero-order chi connectivity index (χ0) is 21.7. The van der Waals surface area contributed by atoms with E-state index in [1.54, 1.807) is 18.2 Å². The molecule has 9 heteroatoms. The predicted octanol–water partition coefficient (Wildman–Crippen LogP) is 4.30. The molecule has 0 spiro atoms. The maximum Gasteiger partial charge on any atom is 0.269 e. The largest absolute Gasteiger partial charge is 0.342 e. The van der Waals surface area contributed by atoms with E-state index in [9.17, 15) is 14.9 Å². The Kier molecular flexibility index (Phi) is 6.83. The summed E-state index contributed by atoms with van der Waals surface area (Å²) in [6, 6.07) is 13.6. The summed E-state index contributed by atoms with van der Waals surface area (Å²) in [5.74, 6) is 1.14. The van der Waals surface area contributed by atoms with Crippen LogP contribution in [0.1, 0.15) is 47.2 Å². The van der Waals surface area contributed by atoms with Gasteiger partial charge < -0.3 is 9.88 Å². The number of carbonyl (C=O) groups is 1. The molecule has 1 aromatic heterocycles. The molecule has 0 bridgehead atoms. The third-order valence-electron chi connectivity index (χ3n) is 4.59. The van der Waals surface area contributed by atoms with Crippen LogP contribution in [0.4, 0.5) is 5.69 Å². The van der Waals surface area contributed by atoms with Crippen molar-refractivity contribution in [3.8, 4) is 0 Å². The van der Waals surface area contributed by atoms with Gasteiger partial charge in [-0.2, -0.15) is 0 Å². The summed E-state index contributed by atoms with van der Waals surface area (Å²) in [6.45, 7) is 6.49. The van der Waals surface area contributed by atoms with E-state index < -0.39 is 4.92 Å². The number of aromatic nitrogens is 3. The fraction of sp³-hybridized carbons (Fsp3) is 0.286. The highest BCUT2D eigenvalue weighted by molar-refractivity contribution is 7.98. The number of amides is 1. The summed E-state index contributed by atoms with van der Waals surface area (Å²) in [4.78, 5) is 22.9. The molecule has 0 saturated carbocycles. The van der Waals surface area contributed by atoms with Crippen molar-refractivity contribution in [1.29, 1.82) is 0 Å². The van der Waals surface area contributed by atoms with Crippen LogP contribution in [0.25, 0.3) is 0 Å². The quantitative estimate of drug-likeness (QED) is 0.328. The molecule has 0 aliphatic carbocycles. The van der Waals surface area contributed by atoms with Crippen LogP contribution in [0.2, 0.25) is 0 Å². The smallest absolute Gasteiger partial charge is 0.269 e. The minimum absolute atomic E-state index is 0.0703. The summed E-state index contributed by atoms with van der Waals surface area (Å²) in [6.07, 6.45) is 0. The average molecular weight is 426 g/mol. The molecule has 0 fully saturated rings. The van der Waals surface area contributed by atoms with Crippen molar-refractivity contribution in [3.63, 3.8) is 0 Å². The lowest BCUT2D eigenvalue weighted by Crippen LogP contribution is -2.28. The first-order valence-electron chi connectivity index (χ1n) is 9.55. The van der Waals surface area contributed by atoms with Gasteiger partial charge in [-0.25, -0.2) is 0 Å². The van der Waals surface area contributed by atoms with Crippen molar-refractivity contribution in [2.24, 2.45) is 0 Å². The number of non-ortho nitro benzene ring substituents is 1. The Morgan fingerprint density at radius 1 is 1.23 bits per heavy atom. The van der Waals surface area contributed by atoms with E-state index in [0.717, 1.165) is 16.3 Å². The molecule has 0 radical (unpaired) electrons. The maximum atomic E-state index is 12.6. The monoisotopic (exact) mass is 425 g/mol. The fourth-order valence-corrected chi connectivity index (χ4v) is 3.98. The van der Waals surface area contributed by atoms with Gasteiger partial charge in [0, 0.05) is 30.0 Å². The first kappa shape index (κ1) is 21.5. The highest BCUT2D eigenvalue weighted by Gasteiger charge is 2.19.